The lowest BCUT2D eigenvalue weighted by Gasteiger charge is -2.24. The Bertz CT molecular complexity index is 604. The number of aliphatic hydroxyl groups excluding tert-OH is 1. The Morgan fingerprint density at radius 3 is 2.94 bits per heavy atom. The van der Waals surface area contributed by atoms with Crippen molar-refractivity contribution in [1.29, 1.82) is 0 Å². The second kappa shape index (κ2) is 4.30. The number of nitrogens with zero attached hydrogens (tertiary/aromatic N) is 4. The van der Waals surface area contributed by atoms with Crippen molar-refractivity contribution in [3.63, 3.8) is 0 Å². The van der Waals surface area contributed by atoms with Gasteiger partial charge in [0.1, 0.15) is 0 Å². The SMILES string of the molecule is C[C@H]1O[C@@](N=[N+]=[N-])(n2ccc(=O)[nH]c2=O)C[C@@H]1O. The van der Waals surface area contributed by atoms with E-state index in [-0.39, 0.29) is 6.42 Å². The van der Waals surface area contributed by atoms with Crippen LogP contribution in [0.3, 0.4) is 0 Å². The Morgan fingerprint density at radius 2 is 2.44 bits per heavy atom. The standard InChI is InChI=1S/C9H11N5O4/c1-5-6(15)4-9(18-5,12-13-10)14-3-2-7(16)11-8(14)17/h2-3,5-6,15H,4H2,1H3,(H,11,16,17)/t5-,6+,9+/m1/s1. The van der Waals surface area contributed by atoms with Crippen molar-refractivity contribution in [2.24, 2.45) is 5.11 Å². The Labute approximate surface area is 100 Å². The summed E-state index contributed by atoms with van der Waals surface area (Å²) in [5.74, 6) is -1.64. The van der Waals surface area contributed by atoms with E-state index in [9.17, 15) is 14.7 Å². The van der Waals surface area contributed by atoms with Crippen molar-refractivity contribution in [2.75, 3.05) is 0 Å². The van der Waals surface area contributed by atoms with E-state index < -0.39 is 29.3 Å². The molecule has 0 radical (unpaired) electrons. The van der Waals surface area contributed by atoms with E-state index >= 15 is 0 Å². The number of hydrogen-bond acceptors (Lipinski definition) is 5. The smallest absolute Gasteiger partial charge is 0.330 e. The first kappa shape index (κ1) is 12.4. The lowest BCUT2D eigenvalue weighted by Crippen LogP contribution is -2.42. The highest BCUT2D eigenvalue weighted by molar-refractivity contribution is 4.94. The van der Waals surface area contributed by atoms with Gasteiger partial charge in [0.2, 0.25) is 5.85 Å². The van der Waals surface area contributed by atoms with Crippen LogP contribution in [0.4, 0.5) is 0 Å². The molecule has 0 aromatic carbocycles. The third kappa shape index (κ3) is 1.90. The maximum Gasteiger partial charge on any atom is 0.330 e. The zero-order valence-electron chi connectivity index (χ0n) is 9.48. The number of nitrogens with one attached hydrogen (secondary N) is 1. The molecule has 0 spiro atoms. The molecule has 1 aliphatic heterocycles. The van der Waals surface area contributed by atoms with E-state index in [1.165, 1.54) is 6.20 Å². The van der Waals surface area contributed by atoms with Crippen LogP contribution >= 0.6 is 0 Å². The fraction of sp³-hybridized carbons (Fsp3) is 0.556. The van der Waals surface area contributed by atoms with Crippen LogP contribution in [-0.2, 0) is 10.6 Å². The Morgan fingerprint density at radius 1 is 1.72 bits per heavy atom. The van der Waals surface area contributed by atoms with Crippen LogP contribution in [0.2, 0.25) is 0 Å². The number of aliphatic hydroxyl groups is 1. The Balaban J connectivity index is 2.59. The zero-order valence-corrected chi connectivity index (χ0v) is 9.48. The van der Waals surface area contributed by atoms with Gasteiger partial charge in [0.25, 0.3) is 5.56 Å². The number of aromatic nitrogens is 2. The van der Waals surface area contributed by atoms with Crippen molar-refractivity contribution < 1.29 is 9.84 Å². The second-order valence-electron chi connectivity index (χ2n) is 4.01. The number of ether oxygens (including phenoxy) is 1. The van der Waals surface area contributed by atoms with Gasteiger partial charge in [0.05, 0.1) is 12.2 Å². The van der Waals surface area contributed by atoms with Crippen molar-refractivity contribution in [1.82, 2.24) is 9.55 Å². The summed E-state index contributed by atoms with van der Waals surface area (Å²) in [6, 6.07) is 1.11. The van der Waals surface area contributed by atoms with Crippen LogP contribution < -0.4 is 11.2 Å². The third-order valence-electron chi connectivity index (χ3n) is 2.79. The van der Waals surface area contributed by atoms with E-state index in [2.05, 4.69) is 10.0 Å². The van der Waals surface area contributed by atoms with E-state index in [4.69, 9.17) is 10.3 Å². The molecule has 9 nitrogen and oxygen atoms in total. The highest BCUT2D eigenvalue weighted by atomic mass is 16.6. The molecule has 9 heteroatoms. The molecule has 2 N–H and O–H groups in total. The van der Waals surface area contributed by atoms with Gasteiger partial charge < -0.3 is 9.84 Å². The topological polar surface area (TPSA) is 133 Å². The van der Waals surface area contributed by atoms with Crippen molar-refractivity contribution in [3.8, 4) is 0 Å². The van der Waals surface area contributed by atoms with Gasteiger partial charge in [-0.25, -0.2) is 4.79 Å². The summed E-state index contributed by atoms with van der Waals surface area (Å²) in [7, 11) is 0. The van der Waals surface area contributed by atoms with E-state index in [0.29, 0.717) is 0 Å². The van der Waals surface area contributed by atoms with Crippen LogP contribution in [0.5, 0.6) is 0 Å². The maximum absolute atomic E-state index is 11.7. The predicted octanol–water partition coefficient (Wildman–Crippen LogP) is -0.373. The number of azide groups is 1. The molecule has 96 valence electrons. The van der Waals surface area contributed by atoms with Crippen molar-refractivity contribution in [3.05, 3.63) is 43.5 Å². The van der Waals surface area contributed by atoms with E-state index in [1.807, 2.05) is 4.98 Å². The van der Waals surface area contributed by atoms with Gasteiger partial charge >= 0.3 is 5.69 Å². The average Bonchev–Trinajstić information content (AvgIpc) is 2.55. The predicted molar refractivity (Wildman–Crippen MR) is 59.6 cm³/mol. The van der Waals surface area contributed by atoms with Crippen molar-refractivity contribution >= 4 is 0 Å². The summed E-state index contributed by atoms with van der Waals surface area (Å²) < 4.78 is 6.34. The molecule has 3 atom stereocenters. The van der Waals surface area contributed by atoms with Gasteiger partial charge in [-0.15, -0.1) is 0 Å². The Kier molecular flexibility index (Phi) is 2.95. The van der Waals surface area contributed by atoms with Crippen LogP contribution in [0.1, 0.15) is 13.3 Å². The molecule has 0 bridgehead atoms. The van der Waals surface area contributed by atoms with Crippen LogP contribution in [-0.4, -0.2) is 26.9 Å². The first-order valence-corrected chi connectivity index (χ1v) is 5.23. The minimum atomic E-state index is -1.64. The Hall–Kier alpha value is -2.09. The van der Waals surface area contributed by atoms with Gasteiger partial charge in [0.15, 0.2) is 0 Å². The fourth-order valence-corrected chi connectivity index (χ4v) is 1.89. The highest BCUT2D eigenvalue weighted by Crippen LogP contribution is 2.35. The molecular weight excluding hydrogens is 242 g/mol. The molecule has 2 heterocycles. The molecular formula is C9H11N5O4. The molecule has 1 aromatic rings. The first-order chi connectivity index (χ1) is 8.48. The second-order valence-corrected chi connectivity index (χ2v) is 4.01. The summed E-state index contributed by atoms with van der Waals surface area (Å²) in [6.45, 7) is 1.59. The summed E-state index contributed by atoms with van der Waals surface area (Å²) in [5.41, 5.74) is 7.24. The summed E-state index contributed by atoms with van der Waals surface area (Å²) >= 11 is 0. The van der Waals surface area contributed by atoms with E-state index in [1.54, 1.807) is 6.92 Å². The van der Waals surface area contributed by atoms with Gasteiger partial charge in [-0.3, -0.25) is 14.3 Å². The summed E-state index contributed by atoms with van der Waals surface area (Å²) in [4.78, 5) is 27.3. The minimum absolute atomic E-state index is 0.0653. The zero-order chi connectivity index (χ0) is 13.3. The third-order valence-corrected chi connectivity index (χ3v) is 2.79. The van der Waals surface area contributed by atoms with Gasteiger partial charge in [-0.1, -0.05) is 0 Å². The number of hydrogen-bond donors (Lipinski definition) is 2. The highest BCUT2D eigenvalue weighted by Gasteiger charge is 2.46. The number of aromatic amines is 1. The minimum Gasteiger partial charge on any atom is -0.390 e. The molecule has 0 saturated carbocycles. The molecule has 1 aromatic heterocycles. The molecule has 1 saturated heterocycles. The number of H-pyrrole nitrogens is 1. The monoisotopic (exact) mass is 253 g/mol. The lowest BCUT2D eigenvalue weighted by molar-refractivity contribution is -0.0950. The molecule has 0 amide bonds. The van der Waals surface area contributed by atoms with Gasteiger partial charge in [-0.05, 0) is 17.6 Å². The normalized spacial score (nSPS) is 31.0. The molecule has 0 aliphatic carbocycles. The molecule has 2 rings (SSSR count). The van der Waals surface area contributed by atoms with Crippen LogP contribution in [0, 0.1) is 0 Å². The van der Waals surface area contributed by atoms with Crippen LogP contribution in [0.25, 0.3) is 10.4 Å². The summed E-state index contributed by atoms with van der Waals surface area (Å²) in [5, 5.41) is 13.1. The summed E-state index contributed by atoms with van der Waals surface area (Å²) in [6.07, 6.45) is -0.353. The fourth-order valence-electron chi connectivity index (χ4n) is 1.89. The van der Waals surface area contributed by atoms with Gasteiger partial charge in [0, 0.05) is 23.6 Å². The maximum atomic E-state index is 11.7. The molecule has 1 aliphatic rings. The molecule has 1 fully saturated rings. The van der Waals surface area contributed by atoms with Crippen molar-refractivity contribution in [2.45, 2.75) is 31.4 Å². The molecule has 0 unspecified atom stereocenters. The van der Waals surface area contributed by atoms with Crippen LogP contribution in [0.15, 0.2) is 27.0 Å². The van der Waals surface area contributed by atoms with Gasteiger partial charge in [-0.2, -0.15) is 0 Å². The largest absolute Gasteiger partial charge is 0.390 e. The first-order valence-electron chi connectivity index (χ1n) is 5.23. The number of rotatable bonds is 2. The lowest BCUT2D eigenvalue weighted by atomic mass is 10.1. The quantitative estimate of drug-likeness (QED) is 0.422. The van der Waals surface area contributed by atoms with E-state index in [0.717, 1.165) is 10.6 Å². The average molecular weight is 253 g/mol. The molecule has 18 heavy (non-hydrogen) atoms.